The molecule has 8 rings (SSSR count). The Hall–Kier alpha value is -2.65. The number of benzene rings is 1. The lowest BCUT2D eigenvalue weighted by Crippen LogP contribution is -2.49. The number of pyridine rings is 1. The van der Waals surface area contributed by atoms with E-state index in [0.29, 0.717) is 48.5 Å². The molecule has 1 N–H and O–H groups in total. The van der Waals surface area contributed by atoms with Gasteiger partial charge in [0.1, 0.15) is 11.5 Å². The number of hydrogen-bond acceptors (Lipinski definition) is 6. The minimum atomic E-state index is -3.92. The largest absolute Gasteiger partial charge is 0.489 e. The van der Waals surface area contributed by atoms with Gasteiger partial charge in [-0.3, -0.25) is 4.79 Å². The first-order valence-corrected chi connectivity index (χ1v) is 17.1. The molecule has 224 valence electrons. The van der Waals surface area contributed by atoms with E-state index in [9.17, 15) is 13.2 Å². The van der Waals surface area contributed by atoms with E-state index < -0.39 is 26.6 Å². The fraction of sp³-hybridized carbons (Fsp3) is 0.562. The molecule has 7 nitrogen and oxygen atoms in total. The number of hydrogen-bond donors (Lipinski definition) is 1. The summed E-state index contributed by atoms with van der Waals surface area (Å²) < 4.78 is 50.4. The molecule has 1 amide bonds. The van der Waals surface area contributed by atoms with E-state index in [1.54, 1.807) is 19.1 Å². The minimum absolute atomic E-state index is 0.0340. The molecule has 4 bridgehead atoms. The second kappa shape index (κ2) is 10.2. The first-order valence-electron chi connectivity index (χ1n) is 15.2. The molecule has 1 saturated carbocycles. The zero-order valence-corrected chi connectivity index (χ0v) is 25.6. The van der Waals surface area contributed by atoms with E-state index in [2.05, 4.69) is 15.7 Å². The minimum Gasteiger partial charge on any atom is -0.489 e. The number of fused-ring (bicyclic) bond motifs is 6. The summed E-state index contributed by atoms with van der Waals surface area (Å²) in [4.78, 5) is 20.3. The van der Waals surface area contributed by atoms with Crippen molar-refractivity contribution in [2.75, 3.05) is 24.6 Å². The van der Waals surface area contributed by atoms with Gasteiger partial charge in [0.15, 0.2) is 11.6 Å². The topological polar surface area (TPSA) is 88.6 Å². The number of rotatable bonds is 0. The fourth-order valence-electron chi connectivity index (χ4n) is 7.87. The summed E-state index contributed by atoms with van der Waals surface area (Å²) >= 11 is 6.19. The third kappa shape index (κ3) is 4.62. The number of allylic oxidation sites excluding steroid dienone is 2. The first-order chi connectivity index (χ1) is 20.0. The van der Waals surface area contributed by atoms with Crippen LogP contribution in [0.1, 0.15) is 74.0 Å². The lowest BCUT2D eigenvalue weighted by atomic mass is 9.66. The Morgan fingerprint density at radius 1 is 1.14 bits per heavy atom. The molecule has 6 atom stereocenters. The van der Waals surface area contributed by atoms with E-state index in [-0.39, 0.29) is 28.4 Å². The van der Waals surface area contributed by atoms with Crippen LogP contribution in [0, 0.1) is 29.5 Å². The highest BCUT2D eigenvalue weighted by molar-refractivity contribution is 7.90. The molecule has 0 radical (unpaired) electrons. The quantitative estimate of drug-likeness (QED) is 0.378. The normalized spacial score (nSPS) is 33.5. The second-order valence-corrected chi connectivity index (χ2v) is 15.7. The van der Waals surface area contributed by atoms with Crippen LogP contribution in [-0.2, 0) is 21.9 Å². The van der Waals surface area contributed by atoms with E-state index >= 15 is 4.39 Å². The number of halogens is 2. The Morgan fingerprint density at radius 2 is 1.93 bits per heavy atom. The SMILES string of the molecule is C[C@@H]1[C@@H](C)S(=O)(=O)NC(=O)c2ccc3c(n2)N(C[C@@H]2CC[C@H]2CC2=C[C@H]1C2)C[C@@]1(CCCc2c1ccc(Cl)c2F)CO3. The first kappa shape index (κ1) is 28.1. The zero-order chi connectivity index (χ0) is 29.4. The molecule has 2 aromatic rings. The van der Waals surface area contributed by atoms with Crippen LogP contribution in [-0.4, -0.2) is 44.3 Å². The maximum Gasteiger partial charge on any atom is 0.283 e. The monoisotopic (exact) mass is 613 g/mol. The van der Waals surface area contributed by atoms with Crippen LogP contribution in [0.4, 0.5) is 10.2 Å². The highest BCUT2D eigenvalue weighted by Crippen LogP contribution is 2.48. The van der Waals surface area contributed by atoms with Crippen LogP contribution in [0.15, 0.2) is 35.9 Å². The van der Waals surface area contributed by atoms with Crippen molar-refractivity contribution in [2.24, 2.45) is 23.7 Å². The molecule has 1 aromatic carbocycles. The lowest BCUT2D eigenvalue weighted by Gasteiger charge is -2.45. The van der Waals surface area contributed by atoms with Gasteiger partial charge in [0.2, 0.25) is 10.0 Å². The molecule has 10 heteroatoms. The molecule has 4 heterocycles. The summed E-state index contributed by atoms with van der Waals surface area (Å²) in [5.41, 5.74) is 2.56. The van der Waals surface area contributed by atoms with Gasteiger partial charge >= 0.3 is 0 Å². The summed E-state index contributed by atoms with van der Waals surface area (Å²) in [7, 11) is -3.92. The summed E-state index contributed by atoms with van der Waals surface area (Å²) in [6.07, 6.45) is 8.76. The van der Waals surface area contributed by atoms with Gasteiger partial charge in [-0.15, -0.1) is 0 Å². The fourth-order valence-corrected chi connectivity index (χ4v) is 9.37. The van der Waals surface area contributed by atoms with E-state index in [4.69, 9.17) is 21.3 Å². The number of carbonyl (C=O) groups is 1. The van der Waals surface area contributed by atoms with Crippen LogP contribution in [0.5, 0.6) is 5.75 Å². The number of aromatic nitrogens is 1. The molecule has 1 aromatic heterocycles. The summed E-state index contributed by atoms with van der Waals surface area (Å²) in [5, 5.41) is -0.594. The van der Waals surface area contributed by atoms with E-state index in [1.165, 1.54) is 11.6 Å². The third-order valence-corrected chi connectivity index (χ3v) is 13.0. The smallest absolute Gasteiger partial charge is 0.283 e. The predicted molar refractivity (Wildman–Crippen MR) is 160 cm³/mol. The van der Waals surface area contributed by atoms with Gasteiger partial charge in [0.25, 0.3) is 5.91 Å². The lowest BCUT2D eigenvalue weighted by molar-refractivity contribution is 0.0975. The predicted octanol–water partition coefficient (Wildman–Crippen LogP) is 5.81. The molecular formula is C32H37ClFN3O4S. The summed E-state index contributed by atoms with van der Waals surface area (Å²) in [6, 6.07) is 6.83. The maximum absolute atomic E-state index is 15.2. The Morgan fingerprint density at radius 3 is 2.69 bits per heavy atom. The average molecular weight is 614 g/mol. The van der Waals surface area contributed by atoms with Crippen molar-refractivity contribution in [1.29, 1.82) is 0 Å². The molecule has 3 aliphatic carbocycles. The molecule has 1 spiro atoms. The Balaban J connectivity index is 1.30. The third-order valence-electron chi connectivity index (χ3n) is 10.9. The maximum atomic E-state index is 15.2. The van der Waals surface area contributed by atoms with Gasteiger partial charge in [-0.1, -0.05) is 36.2 Å². The number of nitrogens with zero attached hydrogens (tertiary/aromatic N) is 2. The summed E-state index contributed by atoms with van der Waals surface area (Å²) in [6.45, 7) is 5.29. The average Bonchev–Trinajstić information content (AvgIpc) is 3.08. The van der Waals surface area contributed by atoms with Crippen LogP contribution >= 0.6 is 11.6 Å². The number of anilines is 1. The van der Waals surface area contributed by atoms with Gasteiger partial charge in [0.05, 0.1) is 16.9 Å². The van der Waals surface area contributed by atoms with Crippen molar-refractivity contribution < 1.29 is 22.3 Å². The van der Waals surface area contributed by atoms with Gasteiger partial charge < -0.3 is 9.64 Å². The van der Waals surface area contributed by atoms with Crippen LogP contribution in [0.2, 0.25) is 5.02 Å². The number of sulfonamides is 1. The Kier molecular flexibility index (Phi) is 6.85. The van der Waals surface area contributed by atoms with E-state index in [0.717, 1.165) is 50.6 Å². The summed E-state index contributed by atoms with van der Waals surface area (Å²) in [5.74, 6) is 1.09. The Labute approximate surface area is 251 Å². The van der Waals surface area contributed by atoms with Crippen molar-refractivity contribution in [1.82, 2.24) is 9.71 Å². The van der Waals surface area contributed by atoms with Gasteiger partial charge in [0, 0.05) is 18.5 Å². The standard InChI is InChI=1S/C32H37ClFN3O4S/c1-18-19(2)42(39,40)36-31(38)27-9-10-28-30(35-27)37(15-22-6-5-21(22)12-20-13-23(18)14-20)16-32(17-41-28)11-3-4-24-25(32)7-8-26(33)29(24)34/h7-10,13,18-19,21-23H,3-6,11-12,14-17H2,1-2H3,(H,36,38)/t18-,19-,21+,22+,23+,32+/m1/s1. The van der Waals surface area contributed by atoms with Crippen LogP contribution in [0.3, 0.4) is 0 Å². The zero-order valence-electron chi connectivity index (χ0n) is 24.0. The molecule has 6 aliphatic rings. The van der Waals surface area contributed by atoms with Crippen molar-refractivity contribution in [3.05, 3.63) is 63.6 Å². The van der Waals surface area contributed by atoms with E-state index in [1.807, 2.05) is 13.0 Å². The van der Waals surface area contributed by atoms with Crippen molar-refractivity contribution in [3.63, 3.8) is 0 Å². The molecule has 0 unspecified atom stereocenters. The molecular weight excluding hydrogens is 577 g/mol. The second-order valence-electron chi connectivity index (χ2n) is 13.2. The number of nitrogens with one attached hydrogen (secondary N) is 1. The molecule has 3 aliphatic heterocycles. The van der Waals surface area contributed by atoms with Gasteiger partial charge in [-0.05, 0) is 105 Å². The van der Waals surface area contributed by atoms with Crippen molar-refractivity contribution in [2.45, 2.75) is 69.5 Å². The molecule has 1 fully saturated rings. The van der Waals surface area contributed by atoms with Crippen molar-refractivity contribution >= 4 is 33.3 Å². The van der Waals surface area contributed by atoms with Gasteiger partial charge in [-0.25, -0.2) is 22.5 Å². The highest BCUT2D eigenvalue weighted by atomic mass is 35.5. The molecule has 0 saturated heterocycles. The molecule has 42 heavy (non-hydrogen) atoms. The number of ether oxygens (including phenoxy) is 1. The van der Waals surface area contributed by atoms with Crippen LogP contribution in [0.25, 0.3) is 0 Å². The Bertz CT molecular complexity index is 1600. The van der Waals surface area contributed by atoms with Crippen molar-refractivity contribution in [3.8, 4) is 5.75 Å². The number of carbonyl (C=O) groups excluding carboxylic acids is 1. The number of amides is 1. The van der Waals surface area contributed by atoms with Crippen LogP contribution < -0.4 is 14.4 Å². The van der Waals surface area contributed by atoms with Gasteiger partial charge in [-0.2, -0.15) is 0 Å². The highest BCUT2D eigenvalue weighted by Gasteiger charge is 2.45.